The van der Waals surface area contributed by atoms with Crippen LogP contribution in [0.2, 0.25) is 0 Å². The molecule has 1 N–H and O–H groups in total. The number of hydrazone groups is 1. The van der Waals surface area contributed by atoms with E-state index in [1.165, 1.54) is 24.4 Å². The molecule has 0 unspecified atom stereocenters. The lowest BCUT2D eigenvalue weighted by atomic mass is 10.1. The van der Waals surface area contributed by atoms with Crippen molar-refractivity contribution in [3.05, 3.63) is 52.6 Å². The van der Waals surface area contributed by atoms with E-state index in [0.29, 0.717) is 11.3 Å². The van der Waals surface area contributed by atoms with Crippen molar-refractivity contribution in [3.63, 3.8) is 0 Å². The highest BCUT2D eigenvalue weighted by atomic mass is 19.1. The Labute approximate surface area is 134 Å². The smallest absolute Gasteiger partial charge is 0.243 e. The van der Waals surface area contributed by atoms with Crippen LogP contribution in [-0.4, -0.2) is 21.9 Å². The molecule has 2 aromatic rings. The maximum atomic E-state index is 13.7. The van der Waals surface area contributed by atoms with E-state index in [2.05, 4.69) is 39.9 Å². The minimum absolute atomic E-state index is 0.0605. The first-order valence-corrected chi connectivity index (χ1v) is 7.56. The molecule has 1 heterocycles. The Morgan fingerprint density at radius 3 is 2.70 bits per heavy atom. The van der Waals surface area contributed by atoms with Gasteiger partial charge in [-0.15, -0.1) is 0 Å². The SMILES string of the molecule is Cc1ccc([C@@H]2C[C@@H]2C(=O)N/N=C\c2c(C)nn(C)c2F)cc1. The molecule has 1 aliphatic carbocycles. The number of hydrogen-bond acceptors (Lipinski definition) is 3. The van der Waals surface area contributed by atoms with Gasteiger partial charge in [-0.25, -0.2) is 10.1 Å². The number of carbonyl (C=O) groups is 1. The molecular formula is C17H19FN4O. The Bertz CT molecular complexity index is 764. The van der Waals surface area contributed by atoms with Gasteiger partial charge < -0.3 is 0 Å². The third-order valence-electron chi connectivity index (χ3n) is 4.20. The standard InChI is InChI=1S/C17H19FN4O/c1-10-4-6-12(7-5-10)13-8-14(13)17(23)20-19-9-15-11(2)21-22(3)16(15)18/h4-7,9,13-14H,8H2,1-3H3,(H,20,23)/b19-9-/t13-,14-/m0/s1. The Hall–Kier alpha value is -2.50. The van der Waals surface area contributed by atoms with Crippen molar-refractivity contribution in [1.82, 2.24) is 15.2 Å². The van der Waals surface area contributed by atoms with Crippen molar-refractivity contribution >= 4 is 12.1 Å². The predicted molar refractivity (Wildman–Crippen MR) is 85.7 cm³/mol. The van der Waals surface area contributed by atoms with E-state index in [1.807, 2.05) is 6.92 Å². The topological polar surface area (TPSA) is 59.3 Å². The summed E-state index contributed by atoms with van der Waals surface area (Å²) in [5, 5.41) is 7.81. The number of amides is 1. The molecule has 0 bridgehead atoms. The van der Waals surface area contributed by atoms with E-state index in [-0.39, 0.29) is 17.7 Å². The average Bonchev–Trinajstić information content (AvgIpc) is 3.27. The summed E-state index contributed by atoms with van der Waals surface area (Å²) in [6.07, 6.45) is 2.13. The van der Waals surface area contributed by atoms with Gasteiger partial charge in [0.05, 0.1) is 17.5 Å². The number of carbonyl (C=O) groups excluding carboxylic acids is 1. The van der Waals surface area contributed by atoms with Crippen LogP contribution < -0.4 is 5.43 Å². The third-order valence-corrected chi connectivity index (χ3v) is 4.20. The molecule has 0 radical (unpaired) electrons. The van der Waals surface area contributed by atoms with E-state index in [0.717, 1.165) is 11.1 Å². The lowest BCUT2D eigenvalue weighted by molar-refractivity contribution is -0.122. The molecule has 0 spiro atoms. The summed E-state index contributed by atoms with van der Waals surface area (Å²) in [7, 11) is 1.52. The summed E-state index contributed by atoms with van der Waals surface area (Å²) in [5.41, 5.74) is 5.70. The number of aryl methyl sites for hydroxylation is 3. The first-order valence-electron chi connectivity index (χ1n) is 7.56. The number of benzene rings is 1. The van der Waals surface area contributed by atoms with Gasteiger partial charge in [-0.3, -0.25) is 4.79 Å². The highest BCUT2D eigenvalue weighted by Crippen LogP contribution is 2.47. The van der Waals surface area contributed by atoms with E-state index in [9.17, 15) is 9.18 Å². The first-order chi connectivity index (χ1) is 11.0. The average molecular weight is 314 g/mol. The van der Waals surface area contributed by atoms with E-state index < -0.39 is 5.95 Å². The molecule has 1 saturated carbocycles. The molecule has 1 aromatic heterocycles. The fraction of sp³-hybridized carbons (Fsp3) is 0.353. The summed E-state index contributed by atoms with van der Waals surface area (Å²) >= 11 is 0. The minimum Gasteiger partial charge on any atom is -0.273 e. The van der Waals surface area contributed by atoms with Crippen molar-refractivity contribution in [2.24, 2.45) is 18.1 Å². The van der Waals surface area contributed by atoms with Gasteiger partial charge in [0.25, 0.3) is 0 Å². The Kier molecular flexibility index (Phi) is 3.98. The molecule has 0 saturated heterocycles. The van der Waals surface area contributed by atoms with Crippen molar-refractivity contribution in [1.29, 1.82) is 0 Å². The third kappa shape index (κ3) is 3.16. The quantitative estimate of drug-likeness (QED) is 0.696. The van der Waals surface area contributed by atoms with Gasteiger partial charge in [-0.05, 0) is 31.7 Å². The summed E-state index contributed by atoms with van der Waals surface area (Å²) in [4.78, 5) is 12.1. The predicted octanol–water partition coefficient (Wildman–Crippen LogP) is 2.43. The second kappa shape index (κ2) is 5.95. The molecular weight excluding hydrogens is 295 g/mol. The molecule has 1 amide bonds. The van der Waals surface area contributed by atoms with Gasteiger partial charge in [-0.1, -0.05) is 29.8 Å². The molecule has 1 aromatic carbocycles. The number of aromatic nitrogens is 2. The van der Waals surface area contributed by atoms with Gasteiger partial charge in [0.15, 0.2) is 0 Å². The number of nitrogens with one attached hydrogen (secondary N) is 1. The molecule has 2 atom stereocenters. The largest absolute Gasteiger partial charge is 0.273 e. The minimum atomic E-state index is -0.468. The molecule has 120 valence electrons. The number of halogens is 1. The highest BCUT2D eigenvalue weighted by Gasteiger charge is 2.43. The number of nitrogens with zero attached hydrogens (tertiary/aromatic N) is 3. The van der Waals surface area contributed by atoms with Crippen LogP contribution in [0.15, 0.2) is 29.4 Å². The van der Waals surface area contributed by atoms with Gasteiger partial charge in [0.1, 0.15) is 0 Å². The fourth-order valence-corrected chi connectivity index (χ4v) is 2.70. The van der Waals surface area contributed by atoms with Crippen molar-refractivity contribution in [2.45, 2.75) is 26.2 Å². The van der Waals surface area contributed by atoms with Crippen molar-refractivity contribution in [2.75, 3.05) is 0 Å². The zero-order chi connectivity index (χ0) is 16.6. The van der Waals surface area contributed by atoms with E-state index >= 15 is 0 Å². The van der Waals surface area contributed by atoms with Gasteiger partial charge in [0.2, 0.25) is 11.9 Å². The first kappa shape index (κ1) is 15.4. The Morgan fingerprint density at radius 2 is 2.09 bits per heavy atom. The lowest BCUT2D eigenvalue weighted by Gasteiger charge is -2.01. The van der Waals surface area contributed by atoms with Crippen molar-refractivity contribution in [3.8, 4) is 0 Å². The van der Waals surface area contributed by atoms with Gasteiger partial charge in [-0.2, -0.15) is 14.6 Å². The molecule has 5 nitrogen and oxygen atoms in total. The van der Waals surface area contributed by atoms with E-state index in [4.69, 9.17) is 0 Å². The Morgan fingerprint density at radius 1 is 1.39 bits per heavy atom. The summed E-state index contributed by atoms with van der Waals surface area (Å²) < 4.78 is 14.9. The van der Waals surface area contributed by atoms with Crippen LogP contribution in [0.25, 0.3) is 0 Å². The number of rotatable bonds is 4. The van der Waals surface area contributed by atoms with Gasteiger partial charge in [0, 0.05) is 13.0 Å². The Balaban J connectivity index is 1.58. The molecule has 3 rings (SSSR count). The zero-order valence-electron chi connectivity index (χ0n) is 13.4. The second-order valence-electron chi connectivity index (χ2n) is 6.01. The molecule has 23 heavy (non-hydrogen) atoms. The monoisotopic (exact) mass is 314 g/mol. The van der Waals surface area contributed by atoms with Gasteiger partial charge >= 0.3 is 0 Å². The molecule has 1 aliphatic rings. The molecule has 0 aliphatic heterocycles. The van der Waals surface area contributed by atoms with Crippen LogP contribution in [0.4, 0.5) is 4.39 Å². The normalized spacial score (nSPS) is 20.0. The molecule has 1 fully saturated rings. The van der Waals surface area contributed by atoms with Crippen LogP contribution in [-0.2, 0) is 11.8 Å². The lowest BCUT2D eigenvalue weighted by Crippen LogP contribution is -2.20. The van der Waals surface area contributed by atoms with Crippen LogP contribution in [0.5, 0.6) is 0 Å². The van der Waals surface area contributed by atoms with Crippen LogP contribution in [0, 0.1) is 25.7 Å². The zero-order valence-corrected chi connectivity index (χ0v) is 13.4. The summed E-state index contributed by atoms with van der Waals surface area (Å²) in [6, 6.07) is 8.22. The van der Waals surface area contributed by atoms with Crippen molar-refractivity contribution < 1.29 is 9.18 Å². The maximum absolute atomic E-state index is 13.7. The summed E-state index contributed by atoms with van der Waals surface area (Å²) in [6.45, 7) is 3.73. The second-order valence-corrected chi connectivity index (χ2v) is 6.01. The van der Waals surface area contributed by atoms with E-state index in [1.54, 1.807) is 6.92 Å². The highest BCUT2D eigenvalue weighted by molar-refractivity contribution is 5.86. The summed E-state index contributed by atoms with van der Waals surface area (Å²) in [5.74, 6) is -0.407. The fourth-order valence-electron chi connectivity index (χ4n) is 2.70. The van der Waals surface area contributed by atoms with Crippen LogP contribution in [0.3, 0.4) is 0 Å². The van der Waals surface area contributed by atoms with Crippen LogP contribution >= 0.6 is 0 Å². The molecule has 6 heteroatoms. The maximum Gasteiger partial charge on any atom is 0.243 e. The number of hydrogen-bond donors (Lipinski definition) is 1. The van der Waals surface area contributed by atoms with Crippen LogP contribution in [0.1, 0.15) is 34.7 Å².